The molecule has 5 nitrogen and oxygen atoms in total. The number of carbonyl (C=O) groups is 1. The van der Waals surface area contributed by atoms with Gasteiger partial charge in [0.2, 0.25) is 0 Å². The summed E-state index contributed by atoms with van der Waals surface area (Å²) in [7, 11) is 1.88. The summed E-state index contributed by atoms with van der Waals surface area (Å²) in [4.78, 5) is 13.4. The van der Waals surface area contributed by atoms with Crippen molar-refractivity contribution in [3.05, 3.63) is 42.2 Å². The number of hydrogen-bond donors (Lipinski definition) is 2. The second-order valence-electron chi connectivity index (χ2n) is 5.28. The topological polar surface area (TPSA) is 59.0 Å². The van der Waals surface area contributed by atoms with Gasteiger partial charge in [-0.2, -0.15) is 5.10 Å². The summed E-state index contributed by atoms with van der Waals surface area (Å²) in [5, 5.41) is 10.2. The lowest BCUT2D eigenvalue weighted by Gasteiger charge is -2.18. The number of nitrogens with zero attached hydrogens (tertiary/aromatic N) is 2. The minimum Gasteiger partial charge on any atom is -0.330 e. The number of aromatic nitrogens is 2. The number of nitrogens with one attached hydrogen (secondary N) is 2. The molecule has 0 spiro atoms. The Morgan fingerprint density at radius 3 is 2.74 bits per heavy atom. The van der Waals surface area contributed by atoms with E-state index in [4.69, 9.17) is 0 Å². The number of urea groups is 1. The summed E-state index contributed by atoms with van der Waals surface area (Å²) in [5.41, 5.74) is 1.85. The summed E-state index contributed by atoms with van der Waals surface area (Å²) >= 11 is 1.76. The van der Waals surface area contributed by atoms with Gasteiger partial charge in [0.1, 0.15) is 0 Å². The highest BCUT2D eigenvalue weighted by Gasteiger charge is 2.16. The van der Waals surface area contributed by atoms with E-state index < -0.39 is 0 Å². The maximum Gasteiger partial charge on any atom is 0.319 e. The first-order chi connectivity index (χ1) is 11.2. The zero-order valence-electron chi connectivity index (χ0n) is 13.9. The van der Waals surface area contributed by atoms with E-state index in [-0.39, 0.29) is 12.1 Å². The summed E-state index contributed by atoms with van der Waals surface area (Å²) in [5.74, 6) is 1.03. The smallest absolute Gasteiger partial charge is 0.319 e. The molecule has 2 amide bonds. The van der Waals surface area contributed by atoms with Crippen molar-refractivity contribution in [1.82, 2.24) is 15.1 Å². The molecule has 0 aliphatic carbocycles. The predicted octanol–water partition coefficient (Wildman–Crippen LogP) is 4.20. The molecule has 2 aromatic rings. The third-order valence-corrected chi connectivity index (χ3v) is 4.81. The molecule has 0 fully saturated rings. The van der Waals surface area contributed by atoms with Gasteiger partial charge in [-0.25, -0.2) is 4.79 Å². The first kappa shape index (κ1) is 17.4. The van der Waals surface area contributed by atoms with Gasteiger partial charge >= 0.3 is 6.03 Å². The number of aryl methyl sites for hydroxylation is 1. The van der Waals surface area contributed by atoms with Crippen LogP contribution in [0.1, 0.15) is 38.4 Å². The van der Waals surface area contributed by atoms with Crippen LogP contribution in [0, 0.1) is 0 Å². The van der Waals surface area contributed by atoms with Crippen molar-refractivity contribution in [2.45, 2.75) is 37.6 Å². The molecule has 2 rings (SSSR count). The van der Waals surface area contributed by atoms with Crippen LogP contribution in [0.2, 0.25) is 0 Å². The van der Waals surface area contributed by atoms with Crippen LogP contribution in [-0.2, 0) is 7.05 Å². The Bertz CT molecular complexity index is 641. The molecule has 0 saturated heterocycles. The molecule has 1 aromatic heterocycles. The van der Waals surface area contributed by atoms with E-state index in [0.717, 1.165) is 34.9 Å². The number of thioether (sulfide) groups is 1. The first-order valence-electron chi connectivity index (χ1n) is 7.93. The summed E-state index contributed by atoms with van der Waals surface area (Å²) in [6.07, 6.45) is 3.65. The highest BCUT2D eigenvalue weighted by atomic mass is 32.2. The fraction of sp³-hybridized carbons (Fsp3) is 0.412. The monoisotopic (exact) mass is 332 g/mol. The maximum absolute atomic E-state index is 12.4. The van der Waals surface area contributed by atoms with Gasteiger partial charge in [0.05, 0.1) is 17.4 Å². The first-order valence-corrected chi connectivity index (χ1v) is 8.91. The minimum absolute atomic E-state index is 0.0574. The summed E-state index contributed by atoms with van der Waals surface area (Å²) < 4.78 is 1.79. The number of hydrogen-bond acceptors (Lipinski definition) is 3. The van der Waals surface area contributed by atoms with Crippen molar-refractivity contribution >= 4 is 23.5 Å². The number of benzene rings is 1. The van der Waals surface area contributed by atoms with Crippen LogP contribution < -0.4 is 10.6 Å². The standard InChI is InChI=1S/C17H24N4OS/c1-4-12-23-16-9-7-6-8-14(16)20-17(22)19-13(5-2)15-10-11-18-21(15)3/h6-11,13H,4-5,12H2,1-3H3,(H2,19,20,22)/t13-/m0/s1. The van der Waals surface area contributed by atoms with Crippen LogP contribution in [0.25, 0.3) is 0 Å². The van der Waals surface area contributed by atoms with Gasteiger partial charge in [-0.3, -0.25) is 4.68 Å². The van der Waals surface area contributed by atoms with Crippen LogP contribution in [0.15, 0.2) is 41.4 Å². The SMILES string of the molecule is CCCSc1ccccc1NC(=O)N[C@@H](CC)c1ccnn1C. The number of anilines is 1. The Morgan fingerprint density at radius 2 is 2.09 bits per heavy atom. The quantitative estimate of drug-likeness (QED) is 0.747. The van der Waals surface area contributed by atoms with Gasteiger partial charge in [-0.05, 0) is 36.8 Å². The highest BCUT2D eigenvalue weighted by molar-refractivity contribution is 7.99. The molecule has 0 aliphatic heterocycles. The lowest BCUT2D eigenvalue weighted by Crippen LogP contribution is -2.33. The van der Waals surface area contributed by atoms with Crippen LogP contribution in [0.5, 0.6) is 0 Å². The van der Waals surface area contributed by atoms with Crippen LogP contribution >= 0.6 is 11.8 Å². The van der Waals surface area contributed by atoms with Gasteiger partial charge in [-0.1, -0.05) is 26.0 Å². The van der Waals surface area contributed by atoms with Crippen molar-refractivity contribution in [2.75, 3.05) is 11.1 Å². The van der Waals surface area contributed by atoms with Gasteiger partial charge < -0.3 is 10.6 Å². The molecule has 0 unspecified atom stereocenters. The lowest BCUT2D eigenvalue weighted by atomic mass is 10.1. The van der Waals surface area contributed by atoms with E-state index in [9.17, 15) is 4.79 Å². The van der Waals surface area contributed by atoms with Crippen molar-refractivity contribution < 1.29 is 4.79 Å². The zero-order chi connectivity index (χ0) is 16.7. The molecule has 0 aliphatic rings. The molecule has 0 radical (unpaired) electrons. The third-order valence-electron chi connectivity index (χ3n) is 3.53. The fourth-order valence-corrected chi connectivity index (χ4v) is 3.21. The molecular weight excluding hydrogens is 308 g/mol. The normalized spacial score (nSPS) is 12.0. The van der Waals surface area contributed by atoms with Crippen molar-refractivity contribution in [2.24, 2.45) is 7.05 Å². The molecule has 124 valence electrons. The van der Waals surface area contributed by atoms with Crippen molar-refractivity contribution in [3.63, 3.8) is 0 Å². The van der Waals surface area contributed by atoms with E-state index in [1.54, 1.807) is 22.6 Å². The summed E-state index contributed by atoms with van der Waals surface area (Å²) in [6, 6.07) is 9.58. The average Bonchev–Trinajstić information content (AvgIpc) is 2.97. The highest BCUT2D eigenvalue weighted by Crippen LogP contribution is 2.27. The second-order valence-corrected chi connectivity index (χ2v) is 6.42. The molecule has 1 aromatic carbocycles. The Kier molecular flexibility index (Phi) is 6.52. The Balaban J connectivity index is 2.03. The largest absolute Gasteiger partial charge is 0.330 e. The lowest BCUT2D eigenvalue weighted by molar-refractivity contribution is 0.247. The number of para-hydroxylation sites is 1. The Hall–Kier alpha value is -1.95. The van der Waals surface area contributed by atoms with Crippen molar-refractivity contribution in [1.29, 1.82) is 0 Å². The number of amides is 2. The summed E-state index contributed by atoms with van der Waals surface area (Å²) in [6.45, 7) is 4.19. The third kappa shape index (κ3) is 4.76. The van der Waals surface area contributed by atoms with Crippen LogP contribution in [0.3, 0.4) is 0 Å². The van der Waals surface area contributed by atoms with Crippen molar-refractivity contribution in [3.8, 4) is 0 Å². The Morgan fingerprint density at radius 1 is 1.30 bits per heavy atom. The molecule has 0 bridgehead atoms. The van der Waals surface area contributed by atoms with E-state index in [1.807, 2.05) is 44.3 Å². The molecule has 2 N–H and O–H groups in total. The molecule has 6 heteroatoms. The van der Waals surface area contributed by atoms with E-state index in [0.29, 0.717) is 0 Å². The number of rotatable bonds is 7. The Labute approximate surface area is 141 Å². The van der Waals surface area contributed by atoms with Crippen LogP contribution in [0.4, 0.5) is 10.5 Å². The molecule has 0 saturated carbocycles. The fourth-order valence-electron chi connectivity index (χ4n) is 2.34. The molecule has 23 heavy (non-hydrogen) atoms. The van der Waals surface area contributed by atoms with E-state index >= 15 is 0 Å². The van der Waals surface area contributed by atoms with E-state index in [2.05, 4.69) is 22.7 Å². The zero-order valence-corrected chi connectivity index (χ0v) is 14.7. The molecule has 1 heterocycles. The van der Waals surface area contributed by atoms with Gasteiger partial charge in [0.25, 0.3) is 0 Å². The predicted molar refractivity (Wildman–Crippen MR) is 95.9 cm³/mol. The average molecular weight is 332 g/mol. The maximum atomic E-state index is 12.4. The van der Waals surface area contributed by atoms with Crippen LogP contribution in [-0.4, -0.2) is 21.6 Å². The van der Waals surface area contributed by atoms with Gasteiger partial charge in [0.15, 0.2) is 0 Å². The van der Waals surface area contributed by atoms with Gasteiger partial charge in [0, 0.05) is 18.1 Å². The molecule has 1 atom stereocenters. The minimum atomic E-state index is -0.192. The molecular formula is C17H24N4OS. The second kappa shape index (κ2) is 8.62. The number of carbonyl (C=O) groups excluding carboxylic acids is 1. The van der Waals surface area contributed by atoms with E-state index in [1.165, 1.54) is 0 Å². The van der Waals surface area contributed by atoms with Gasteiger partial charge in [-0.15, -0.1) is 11.8 Å².